The van der Waals surface area contributed by atoms with Gasteiger partial charge in [-0.05, 0) is 50.9 Å². The van der Waals surface area contributed by atoms with Crippen LogP contribution in [0.3, 0.4) is 0 Å². The van der Waals surface area contributed by atoms with Crippen LogP contribution in [0.2, 0.25) is 0 Å². The molecular formula is C18H28ClN3O2. The number of carbonyl (C=O) groups is 2. The number of anilines is 1. The monoisotopic (exact) mass is 353 g/mol. The summed E-state index contributed by atoms with van der Waals surface area (Å²) in [6.45, 7) is 7.62. The molecule has 6 heteroatoms. The highest BCUT2D eigenvalue weighted by Crippen LogP contribution is 2.15. The standard InChI is InChI=1S/C18H27N3O2.ClH/c1-12(2)16(21-17(22)14-8-10-19-11-9-14)18(23)20-15-6-4-13(3)5-7-15;/h4-7,12,14,16,19H,8-11H2,1-3H3,(H,20,23)(H,21,22);1H/t16-;/m0./s1. The van der Waals surface area contributed by atoms with E-state index in [0.29, 0.717) is 0 Å². The van der Waals surface area contributed by atoms with Gasteiger partial charge in [0.05, 0.1) is 0 Å². The maximum Gasteiger partial charge on any atom is 0.247 e. The lowest BCUT2D eigenvalue weighted by Gasteiger charge is -2.26. The number of benzene rings is 1. The molecule has 134 valence electrons. The third kappa shape index (κ3) is 5.80. The molecule has 0 unspecified atom stereocenters. The van der Waals surface area contributed by atoms with Crippen molar-refractivity contribution in [3.8, 4) is 0 Å². The van der Waals surface area contributed by atoms with Crippen molar-refractivity contribution >= 4 is 29.9 Å². The molecule has 0 radical (unpaired) electrons. The molecule has 2 rings (SSSR count). The van der Waals surface area contributed by atoms with Crippen LogP contribution in [-0.2, 0) is 9.59 Å². The number of carbonyl (C=O) groups excluding carboxylic acids is 2. The number of nitrogens with one attached hydrogen (secondary N) is 3. The zero-order valence-electron chi connectivity index (χ0n) is 14.6. The Kier molecular flexibility index (Phi) is 8.22. The minimum absolute atomic E-state index is 0. The third-order valence-corrected chi connectivity index (χ3v) is 4.28. The van der Waals surface area contributed by atoms with Gasteiger partial charge in [-0.15, -0.1) is 12.4 Å². The first kappa shape index (κ1) is 20.5. The molecule has 1 aromatic carbocycles. The Morgan fingerprint density at radius 2 is 1.71 bits per heavy atom. The molecule has 1 atom stereocenters. The fourth-order valence-electron chi connectivity index (χ4n) is 2.75. The molecule has 3 N–H and O–H groups in total. The Labute approximate surface area is 150 Å². The van der Waals surface area contributed by atoms with Crippen molar-refractivity contribution in [2.75, 3.05) is 18.4 Å². The predicted octanol–water partition coefficient (Wildman–Crippen LogP) is 2.50. The van der Waals surface area contributed by atoms with Gasteiger partial charge in [-0.1, -0.05) is 31.5 Å². The van der Waals surface area contributed by atoms with Crippen molar-refractivity contribution in [1.29, 1.82) is 0 Å². The van der Waals surface area contributed by atoms with Crippen LogP contribution in [0, 0.1) is 18.8 Å². The van der Waals surface area contributed by atoms with Gasteiger partial charge in [-0.2, -0.15) is 0 Å². The molecule has 1 aliphatic heterocycles. The minimum atomic E-state index is -0.515. The van der Waals surface area contributed by atoms with Crippen LogP contribution in [0.4, 0.5) is 5.69 Å². The van der Waals surface area contributed by atoms with Crippen molar-refractivity contribution < 1.29 is 9.59 Å². The first-order valence-corrected chi connectivity index (χ1v) is 8.36. The van der Waals surface area contributed by atoms with Crippen molar-refractivity contribution in [3.05, 3.63) is 29.8 Å². The summed E-state index contributed by atoms with van der Waals surface area (Å²) >= 11 is 0. The summed E-state index contributed by atoms with van der Waals surface area (Å²) in [5.74, 6) is -0.133. The molecule has 2 amide bonds. The lowest BCUT2D eigenvalue weighted by atomic mass is 9.95. The Hall–Kier alpha value is -1.59. The summed E-state index contributed by atoms with van der Waals surface area (Å²) in [7, 11) is 0. The number of aryl methyl sites for hydroxylation is 1. The quantitative estimate of drug-likeness (QED) is 0.761. The first-order chi connectivity index (χ1) is 11.0. The van der Waals surface area contributed by atoms with Crippen LogP contribution in [0.5, 0.6) is 0 Å². The van der Waals surface area contributed by atoms with Gasteiger partial charge in [0.1, 0.15) is 6.04 Å². The van der Waals surface area contributed by atoms with Crippen LogP contribution in [0.15, 0.2) is 24.3 Å². The molecule has 1 fully saturated rings. The largest absolute Gasteiger partial charge is 0.344 e. The summed E-state index contributed by atoms with van der Waals surface area (Å²) in [4.78, 5) is 24.9. The lowest BCUT2D eigenvalue weighted by Crippen LogP contribution is -2.50. The van der Waals surface area contributed by atoms with Gasteiger partial charge in [0.2, 0.25) is 11.8 Å². The number of hydrogen-bond donors (Lipinski definition) is 3. The van der Waals surface area contributed by atoms with Gasteiger partial charge < -0.3 is 16.0 Å². The van der Waals surface area contributed by atoms with Crippen molar-refractivity contribution in [3.63, 3.8) is 0 Å². The Bertz CT molecular complexity index is 540. The van der Waals surface area contributed by atoms with Crippen molar-refractivity contribution in [2.24, 2.45) is 11.8 Å². The molecule has 0 spiro atoms. The molecular weight excluding hydrogens is 326 g/mol. The maximum absolute atomic E-state index is 12.5. The van der Waals surface area contributed by atoms with E-state index in [4.69, 9.17) is 0 Å². The van der Waals surface area contributed by atoms with Crippen LogP contribution >= 0.6 is 12.4 Å². The van der Waals surface area contributed by atoms with E-state index in [1.807, 2.05) is 45.0 Å². The highest BCUT2D eigenvalue weighted by atomic mass is 35.5. The summed E-state index contributed by atoms with van der Waals surface area (Å²) in [6.07, 6.45) is 1.66. The lowest BCUT2D eigenvalue weighted by molar-refractivity contribution is -0.130. The van der Waals surface area contributed by atoms with Gasteiger partial charge in [-0.25, -0.2) is 0 Å². The van der Waals surface area contributed by atoms with Crippen LogP contribution < -0.4 is 16.0 Å². The molecule has 1 aliphatic rings. The molecule has 0 aliphatic carbocycles. The molecule has 0 bridgehead atoms. The van der Waals surface area contributed by atoms with E-state index in [2.05, 4.69) is 16.0 Å². The number of piperidine rings is 1. The first-order valence-electron chi connectivity index (χ1n) is 8.36. The Balaban J connectivity index is 0.00000288. The fraction of sp³-hybridized carbons (Fsp3) is 0.556. The van der Waals surface area contributed by atoms with Gasteiger partial charge >= 0.3 is 0 Å². The third-order valence-electron chi connectivity index (χ3n) is 4.28. The van der Waals surface area contributed by atoms with Crippen LogP contribution in [-0.4, -0.2) is 30.9 Å². The molecule has 1 saturated heterocycles. The molecule has 1 aromatic rings. The highest BCUT2D eigenvalue weighted by molar-refractivity contribution is 5.97. The zero-order chi connectivity index (χ0) is 16.8. The fourth-order valence-corrected chi connectivity index (χ4v) is 2.75. The summed E-state index contributed by atoms with van der Waals surface area (Å²) in [5.41, 5.74) is 1.89. The highest BCUT2D eigenvalue weighted by Gasteiger charge is 2.28. The van der Waals surface area contributed by atoms with Crippen molar-refractivity contribution in [2.45, 2.75) is 39.7 Å². The second-order valence-corrected chi connectivity index (χ2v) is 6.61. The second-order valence-electron chi connectivity index (χ2n) is 6.61. The maximum atomic E-state index is 12.5. The van der Waals surface area contributed by atoms with Gasteiger partial charge in [-0.3, -0.25) is 9.59 Å². The minimum Gasteiger partial charge on any atom is -0.344 e. The number of rotatable bonds is 5. The molecule has 0 saturated carbocycles. The van der Waals surface area contributed by atoms with Gasteiger partial charge in [0.15, 0.2) is 0 Å². The number of halogens is 1. The molecule has 5 nitrogen and oxygen atoms in total. The zero-order valence-corrected chi connectivity index (χ0v) is 15.4. The van der Waals surface area contributed by atoms with Crippen LogP contribution in [0.1, 0.15) is 32.3 Å². The van der Waals surface area contributed by atoms with E-state index in [9.17, 15) is 9.59 Å². The topological polar surface area (TPSA) is 70.2 Å². The van der Waals surface area contributed by atoms with E-state index in [-0.39, 0.29) is 36.1 Å². The Morgan fingerprint density at radius 3 is 2.25 bits per heavy atom. The normalized spacial score (nSPS) is 16.2. The molecule has 0 aromatic heterocycles. The van der Waals surface area contributed by atoms with Crippen LogP contribution in [0.25, 0.3) is 0 Å². The van der Waals surface area contributed by atoms with Gasteiger partial charge in [0, 0.05) is 11.6 Å². The number of amides is 2. The molecule has 1 heterocycles. The van der Waals surface area contributed by atoms with E-state index in [1.165, 1.54) is 0 Å². The van der Waals surface area contributed by atoms with Crippen molar-refractivity contribution in [1.82, 2.24) is 10.6 Å². The van der Waals surface area contributed by atoms with E-state index in [0.717, 1.165) is 37.2 Å². The van der Waals surface area contributed by atoms with E-state index >= 15 is 0 Å². The average molecular weight is 354 g/mol. The smallest absolute Gasteiger partial charge is 0.247 e. The summed E-state index contributed by atoms with van der Waals surface area (Å²) < 4.78 is 0. The summed E-state index contributed by atoms with van der Waals surface area (Å²) in [5, 5.41) is 9.08. The summed E-state index contributed by atoms with van der Waals surface area (Å²) in [6, 6.07) is 7.14. The van der Waals surface area contributed by atoms with E-state index < -0.39 is 6.04 Å². The predicted molar refractivity (Wildman–Crippen MR) is 99.4 cm³/mol. The Morgan fingerprint density at radius 1 is 1.12 bits per heavy atom. The van der Waals surface area contributed by atoms with Gasteiger partial charge in [0.25, 0.3) is 0 Å². The van der Waals surface area contributed by atoms with E-state index in [1.54, 1.807) is 0 Å². The SMILES string of the molecule is Cc1ccc(NC(=O)[C@@H](NC(=O)C2CCNCC2)C(C)C)cc1.Cl. The number of hydrogen-bond acceptors (Lipinski definition) is 3. The molecule has 24 heavy (non-hydrogen) atoms. The average Bonchev–Trinajstić information content (AvgIpc) is 2.55. The second kappa shape index (κ2) is 9.64.